The molecular formula is C35H42N4O6S. The number of hydrogen-bond acceptors (Lipinski definition) is 6. The molecule has 0 radical (unpaired) electrons. The van der Waals surface area contributed by atoms with E-state index in [1.54, 1.807) is 13.2 Å². The summed E-state index contributed by atoms with van der Waals surface area (Å²) in [7, 11) is 0.488. The van der Waals surface area contributed by atoms with Crippen LogP contribution < -0.4 is 9.46 Å². The van der Waals surface area contributed by atoms with E-state index in [4.69, 9.17) is 9.47 Å². The van der Waals surface area contributed by atoms with E-state index in [1.807, 2.05) is 18.2 Å². The van der Waals surface area contributed by atoms with E-state index < -0.39 is 21.5 Å². The summed E-state index contributed by atoms with van der Waals surface area (Å²) in [4.78, 5) is 30.1. The third-order valence-corrected chi connectivity index (χ3v) is 12.6. The van der Waals surface area contributed by atoms with Gasteiger partial charge in [-0.05, 0) is 79.5 Å². The van der Waals surface area contributed by atoms with Crippen LogP contribution in [0.4, 0.5) is 0 Å². The lowest BCUT2D eigenvalue weighted by Gasteiger charge is -2.35. The van der Waals surface area contributed by atoms with Gasteiger partial charge in [-0.15, -0.1) is 0 Å². The Morgan fingerprint density at radius 1 is 1.00 bits per heavy atom. The van der Waals surface area contributed by atoms with Crippen LogP contribution in [0.15, 0.2) is 36.4 Å². The lowest BCUT2D eigenvalue weighted by molar-refractivity contribution is -0.146. The normalized spacial score (nSPS) is 27.1. The third kappa shape index (κ3) is 4.68. The fraction of sp³-hybridized carbons (Fsp3) is 0.543. The second-order valence-corrected chi connectivity index (χ2v) is 16.1. The molecule has 2 saturated carbocycles. The van der Waals surface area contributed by atoms with Crippen LogP contribution in [0.2, 0.25) is 0 Å². The molecule has 11 heteroatoms. The SMILES string of the molecule is COc1ccc2c(c1)C1CC1(C(=O)N1CC3CCC(C1)O3)Cn1c-2c(C2CCCCC2)c2ccc(C(=O)NS(=O)(=O)N(C)C)cc21. The summed E-state index contributed by atoms with van der Waals surface area (Å²) in [6, 6.07) is 11.8. The molecule has 1 N–H and O–H groups in total. The Labute approximate surface area is 270 Å². The second kappa shape index (κ2) is 10.8. The standard InChI is InChI=1S/C35H42N4O6S/c1-37(2)46(42,43)36-33(40)22-9-13-27-30(15-22)39-20-35(34(41)38-18-24-10-11-25(19-38)45-24)17-29(35)28-16-23(44-3)12-14-26(28)32(39)31(27)21-7-5-4-6-8-21/h9,12-16,21,24-25,29H,4-8,10-11,17-20H2,1-3H3,(H,36,40). The van der Waals surface area contributed by atoms with Crippen LogP contribution in [0.5, 0.6) is 5.75 Å². The van der Waals surface area contributed by atoms with Gasteiger partial charge in [0.25, 0.3) is 5.91 Å². The predicted octanol–water partition coefficient (Wildman–Crippen LogP) is 4.78. The van der Waals surface area contributed by atoms with Gasteiger partial charge in [0.05, 0.1) is 30.4 Å². The summed E-state index contributed by atoms with van der Waals surface area (Å²) in [6.07, 6.45) is 8.69. The highest BCUT2D eigenvalue weighted by Gasteiger charge is 2.64. The number of nitrogens with zero attached hydrogens (tertiary/aromatic N) is 3. The molecule has 1 aromatic heterocycles. The van der Waals surface area contributed by atoms with Crippen molar-refractivity contribution in [1.82, 2.24) is 18.5 Å². The molecule has 2 bridgehead atoms. The van der Waals surface area contributed by atoms with Gasteiger partial charge >= 0.3 is 10.2 Å². The number of likely N-dealkylation sites (tertiary alicyclic amines) is 1. The van der Waals surface area contributed by atoms with Crippen LogP contribution in [-0.4, -0.2) is 80.5 Å². The first-order chi connectivity index (χ1) is 22.1. The molecule has 46 heavy (non-hydrogen) atoms. The average molecular weight is 647 g/mol. The van der Waals surface area contributed by atoms with Gasteiger partial charge in [0.15, 0.2) is 0 Å². The molecule has 2 aliphatic carbocycles. The summed E-state index contributed by atoms with van der Waals surface area (Å²) < 4.78 is 42.4. The van der Waals surface area contributed by atoms with E-state index in [9.17, 15) is 18.0 Å². The number of fused-ring (bicyclic) bond motifs is 9. The maximum Gasteiger partial charge on any atom is 0.303 e. The van der Waals surface area contributed by atoms with E-state index in [0.717, 1.165) is 69.9 Å². The Morgan fingerprint density at radius 2 is 1.74 bits per heavy atom. The molecule has 244 valence electrons. The molecule has 2 saturated heterocycles. The number of methoxy groups -OCH3 is 1. The largest absolute Gasteiger partial charge is 0.497 e. The number of hydrogen-bond donors (Lipinski definition) is 1. The summed E-state index contributed by atoms with van der Waals surface area (Å²) in [6.45, 7) is 1.76. The minimum atomic E-state index is -3.97. The summed E-state index contributed by atoms with van der Waals surface area (Å²) in [5, 5.41) is 1.07. The molecule has 3 aromatic rings. The van der Waals surface area contributed by atoms with Crippen molar-refractivity contribution < 1.29 is 27.5 Å². The number of morpholine rings is 1. The zero-order chi connectivity index (χ0) is 32.0. The van der Waals surface area contributed by atoms with Crippen molar-refractivity contribution in [3.05, 3.63) is 53.1 Å². The highest BCUT2D eigenvalue weighted by Crippen LogP contribution is 2.66. The first-order valence-electron chi connectivity index (χ1n) is 16.6. The molecular weight excluding hydrogens is 604 g/mol. The summed E-state index contributed by atoms with van der Waals surface area (Å²) in [5.41, 5.74) is 5.20. The molecule has 0 spiro atoms. The fourth-order valence-electron chi connectivity index (χ4n) is 8.79. The Hall–Kier alpha value is -3.41. The van der Waals surface area contributed by atoms with Crippen molar-refractivity contribution in [3.8, 4) is 17.0 Å². The van der Waals surface area contributed by atoms with Crippen molar-refractivity contribution in [2.45, 2.75) is 82.0 Å². The Balaban J connectivity index is 1.31. The molecule has 8 rings (SSSR count). The smallest absolute Gasteiger partial charge is 0.303 e. The van der Waals surface area contributed by atoms with E-state index in [0.29, 0.717) is 25.6 Å². The Kier molecular flexibility index (Phi) is 7.04. The van der Waals surface area contributed by atoms with E-state index in [1.165, 1.54) is 38.9 Å². The van der Waals surface area contributed by atoms with Gasteiger partial charge in [0.2, 0.25) is 5.91 Å². The van der Waals surface area contributed by atoms with Gasteiger partial charge in [-0.2, -0.15) is 12.7 Å². The molecule has 4 heterocycles. The van der Waals surface area contributed by atoms with E-state index in [2.05, 4.69) is 26.3 Å². The lowest BCUT2D eigenvalue weighted by Crippen LogP contribution is -2.49. The summed E-state index contributed by atoms with van der Waals surface area (Å²) in [5.74, 6) is 0.694. The number of rotatable bonds is 6. The fourth-order valence-corrected chi connectivity index (χ4v) is 9.32. The zero-order valence-electron chi connectivity index (χ0n) is 26.8. The average Bonchev–Trinajstić information content (AvgIpc) is 3.60. The minimum Gasteiger partial charge on any atom is -0.497 e. The van der Waals surface area contributed by atoms with Gasteiger partial charge in [0, 0.05) is 61.7 Å². The third-order valence-electron chi connectivity index (χ3n) is 11.2. The number of aromatic nitrogens is 1. The van der Waals surface area contributed by atoms with Gasteiger partial charge in [0.1, 0.15) is 5.75 Å². The Bertz CT molecular complexity index is 1850. The van der Waals surface area contributed by atoms with Gasteiger partial charge in [-0.3, -0.25) is 9.59 Å². The second-order valence-electron chi connectivity index (χ2n) is 14.2. The van der Waals surface area contributed by atoms with Gasteiger partial charge < -0.3 is 18.9 Å². The zero-order valence-corrected chi connectivity index (χ0v) is 27.6. The van der Waals surface area contributed by atoms with E-state index in [-0.39, 0.29) is 29.6 Å². The maximum absolute atomic E-state index is 14.7. The van der Waals surface area contributed by atoms with Gasteiger partial charge in [-0.25, -0.2) is 4.72 Å². The van der Waals surface area contributed by atoms with Gasteiger partial charge in [-0.1, -0.05) is 25.3 Å². The molecule has 2 amide bonds. The van der Waals surface area contributed by atoms with Crippen molar-refractivity contribution >= 4 is 32.9 Å². The molecule has 4 unspecified atom stereocenters. The van der Waals surface area contributed by atoms with Crippen LogP contribution >= 0.6 is 0 Å². The number of carbonyl (C=O) groups is 2. The molecule has 5 aliphatic rings. The van der Waals surface area contributed by atoms with Crippen LogP contribution in [0.25, 0.3) is 22.2 Å². The molecule has 4 fully saturated rings. The van der Waals surface area contributed by atoms with Crippen molar-refractivity contribution in [2.75, 3.05) is 34.3 Å². The lowest BCUT2D eigenvalue weighted by atomic mass is 9.81. The summed E-state index contributed by atoms with van der Waals surface area (Å²) >= 11 is 0. The maximum atomic E-state index is 14.7. The highest BCUT2D eigenvalue weighted by molar-refractivity contribution is 7.87. The van der Waals surface area contributed by atoms with E-state index >= 15 is 0 Å². The predicted molar refractivity (Wildman–Crippen MR) is 174 cm³/mol. The first-order valence-corrected chi connectivity index (χ1v) is 18.1. The number of carbonyl (C=O) groups excluding carboxylic acids is 2. The first kappa shape index (κ1) is 30.0. The quantitative estimate of drug-likeness (QED) is 0.413. The van der Waals surface area contributed by atoms with Crippen LogP contribution in [-0.2, 0) is 26.3 Å². The Morgan fingerprint density at radius 3 is 2.43 bits per heavy atom. The highest BCUT2D eigenvalue weighted by atomic mass is 32.2. The van der Waals surface area contributed by atoms with Crippen molar-refractivity contribution in [3.63, 3.8) is 0 Å². The molecule has 2 aromatic carbocycles. The molecule has 3 aliphatic heterocycles. The monoisotopic (exact) mass is 646 g/mol. The van der Waals surface area contributed by atoms with Crippen LogP contribution in [0, 0.1) is 5.41 Å². The molecule has 10 nitrogen and oxygen atoms in total. The topological polar surface area (TPSA) is 110 Å². The number of nitrogens with one attached hydrogen (secondary N) is 1. The van der Waals surface area contributed by atoms with Crippen LogP contribution in [0.3, 0.4) is 0 Å². The van der Waals surface area contributed by atoms with Crippen LogP contribution in [0.1, 0.15) is 84.7 Å². The number of benzene rings is 2. The number of ether oxygens (including phenoxy) is 2. The van der Waals surface area contributed by atoms with Crippen molar-refractivity contribution in [1.29, 1.82) is 0 Å². The van der Waals surface area contributed by atoms with Crippen molar-refractivity contribution in [2.24, 2.45) is 5.41 Å². The minimum absolute atomic E-state index is 0.0523. The number of amides is 2. The molecule has 4 atom stereocenters.